The molecule has 0 radical (unpaired) electrons. The van der Waals surface area contributed by atoms with Crippen LogP contribution in [0.2, 0.25) is 5.02 Å². The Morgan fingerprint density at radius 1 is 1.00 bits per heavy atom. The summed E-state index contributed by atoms with van der Waals surface area (Å²) in [6.07, 6.45) is 0. The summed E-state index contributed by atoms with van der Waals surface area (Å²) in [6.45, 7) is 5.86. The Labute approximate surface area is 131 Å². The number of aliphatic hydroxyl groups excluding tert-OH is 1. The zero-order valence-electron chi connectivity index (χ0n) is 12.6. The molecule has 0 aromatic heterocycles. The molecule has 1 atom stereocenters. The van der Waals surface area contributed by atoms with Gasteiger partial charge in [0.05, 0.1) is 6.61 Å². The van der Waals surface area contributed by atoms with Gasteiger partial charge in [-0.2, -0.15) is 0 Å². The predicted molar refractivity (Wildman–Crippen MR) is 87.2 cm³/mol. The Hall–Kier alpha value is -1.51. The van der Waals surface area contributed by atoms with Gasteiger partial charge in [0.1, 0.15) is 11.4 Å². The fraction of sp³-hybridized carbons (Fsp3) is 0.333. The summed E-state index contributed by atoms with van der Waals surface area (Å²) in [5.41, 5.74) is 1.87. The summed E-state index contributed by atoms with van der Waals surface area (Å²) in [5, 5.41) is 9.98. The normalized spacial score (nSPS) is 13.0. The van der Waals surface area contributed by atoms with E-state index in [4.69, 9.17) is 16.3 Å². The van der Waals surface area contributed by atoms with Gasteiger partial charge in [-0.25, -0.2) is 0 Å². The number of rotatable bonds is 5. The maximum Gasteiger partial charge on any atom is 0.126 e. The van der Waals surface area contributed by atoms with Crippen LogP contribution in [0.4, 0.5) is 0 Å². The van der Waals surface area contributed by atoms with Crippen LogP contribution in [0.15, 0.2) is 48.5 Å². The highest BCUT2D eigenvalue weighted by Gasteiger charge is 2.18. The molecule has 21 heavy (non-hydrogen) atoms. The zero-order valence-corrected chi connectivity index (χ0v) is 13.4. The predicted octanol–water partition coefficient (Wildman–Crippen LogP) is 4.64. The van der Waals surface area contributed by atoms with Crippen molar-refractivity contribution in [2.45, 2.75) is 32.3 Å². The third kappa shape index (κ3) is 4.23. The minimum absolute atomic E-state index is 0.0179. The number of benzene rings is 2. The highest BCUT2D eigenvalue weighted by molar-refractivity contribution is 6.30. The molecule has 0 saturated carbocycles. The Morgan fingerprint density at radius 2 is 1.48 bits per heavy atom. The van der Waals surface area contributed by atoms with E-state index < -0.39 is 5.60 Å². The molecule has 2 aromatic carbocycles. The second-order valence-electron chi connectivity index (χ2n) is 5.86. The summed E-state index contributed by atoms with van der Waals surface area (Å²) in [5.74, 6) is 1.06. The molecule has 0 spiro atoms. The van der Waals surface area contributed by atoms with Crippen LogP contribution in [-0.2, 0) is 0 Å². The number of aliphatic hydroxyl groups is 1. The minimum atomic E-state index is -0.566. The lowest BCUT2D eigenvalue weighted by atomic mass is 9.93. The number of hydrogen-bond donors (Lipinski definition) is 1. The summed E-state index contributed by atoms with van der Waals surface area (Å²) in [6, 6.07) is 15.9. The second kappa shape index (κ2) is 6.50. The van der Waals surface area contributed by atoms with Crippen LogP contribution in [0, 0.1) is 0 Å². The number of ether oxygens (including phenoxy) is 1. The molecule has 0 aliphatic rings. The van der Waals surface area contributed by atoms with E-state index in [0.29, 0.717) is 5.92 Å². The lowest BCUT2D eigenvalue weighted by molar-refractivity contribution is 0.0412. The van der Waals surface area contributed by atoms with Crippen molar-refractivity contribution >= 4 is 11.6 Å². The van der Waals surface area contributed by atoms with E-state index in [0.717, 1.165) is 10.8 Å². The van der Waals surface area contributed by atoms with Gasteiger partial charge in [0, 0.05) is 10.9 Å². The highest BCUT2D eigenvalue weighted by Crippen LogP contribution is 2.27. The topological polar surface area (TPSA) is 29.5 Å². The number of hydrogen-bond acceptors (Lipinski definition) is 2. The van der Waals surface area contributed by atoms with Gasteiger partial charge in [-0.05, 0) is 49.2 Å². The molecular formula is C18H21ClO2. The van der Waals surface area contributed by atoms with Crippen molar-refractivity contribution in [2.24, 2.45) is 0 Å². The van der Waals surface area contributed by atoms with Crippen molar-refractivity contribution in [3.05, 3.63) is 64.7 Å². The minimum Gasteiger partial charge on any atom is -0.485 e. The average Bonchev–Trinajstić information content (AvgIpc) is 2.48. The molecule has 112 valence electrons. The molecule has 0 aliphatic heterocycles. The molecule has 0 aliphatic carbocycles. The van der Waals surface area contributed by atoms with Gasteiger partial charge < -0.3 is 9.84 Å². The molecule has 2 aromatic rings. The monoisotopic (exact) mass is 304 g/mol. The van der Waals surface area contributed by atoms with Gasteiger partial charge in [0.15, 0.2) is 0 Å². The molecule has 0 heterocycles. The molecule has 3 heteroatoms. The fourth-order valence-corrected chi connectivity index (χ4v) is 2.25. The highest BCUT2D eigenvalue weighted by atomic mass is 35.5. The molecule has 2 nitrogen and oxygen atoms in total. The smallest absolute Gasteiger partial charge is 0.126 e. The van der Waals surface area contributed by atoms with Crippen molar-refractivity contribution in [1.82, 2.24) is 0 Å². The fourth-order valence-electron chi connectivity index (χ4n) is 2.12. The maximum absolute atomic E-state index is 9.23. The van der Waals surface area contributed by atoms with Gasteiger partial charge in [-0.3, -0.25) is 0 Å². The van der Waals surface area contributed by atoms with Crippen molar-refractivity contribution in [3.63, 3.8) is 0 Å². The van der Waals surface area contributed by atoms with E-state index in [1.165, 1.54) is 11.1 Å². The van der Waals surface area contributed by atoms with Gasteiger partial charge in [-0.1, -0.05) is 42.8 Å². The first-order chi connectivity index (χ1) is 9.91. The van der Waals surface area contributed by atoms with Crippen molar-refractivity contribution in [1.29, 1.82) is 0 Å². The molecule has 0 bridgehead atoms. The molecule has 0 amide bonds. The van der Waals surface area contributed by atoms with Crippen molar-refractivity contribution in [2.75, 3.05) is 6.61 Å². The SMILES string of the molecule is CC(c1ccc(Cl)cc1)c1ccc(OC(C)(C)CO)cc1. The first-order valence-electron chi connectivity index (χ1n) is 7.06. The Balaban J connectivity index is 2.13. The second-order valence-corrected chi connectivity index (χ2v) is 6.30. The van der Waals surface area contributed by atoms with Crippen LogP contribution in [0.1, 0.15) is 37.8 Å². The average molecular weight is 305 g/mol. The van der Waals surface area contributed by atoms with Crippen LogP contribution in [0.3, 0.4) is 0 Å². The Bertz CT molecular complexity index is 573. The van der Waals surface area contributed by atoms with Gasteiger partial charge in [-0.15, -0.1) is 0 Å². The largest absolute Gasteiger partial charge is 0.485 e. The first kappa shape index (κ1) is 15.9. The summed E-state index contributed by atoms with van der Waals surface area (Å²) >= 11 is 5.92. The lowest BCUT2D eigenvalue weighted by Gasteiger charge is -2.24. The Kier molecular flexibility index (Phi) is 4.92. The van der Waals surface area contributed by atoms with E-state index in [9.17, 15) is 5.11 Å². The van der Waals surface area contributed by atoms with Gasteiger partial charge >= 0.3 is 0 Å². The van der Waals surface area contributed by atoms with Crippen LogP contribution in [-0.4, -0.2) is 17.3 Å². The molecular weight excluding hydrogens is 284 g/mol. The van der Waals surface area contributed by atoms with E-state index in [2.05, 4.69) is 19.1 Å². The van der Waals surface area contributed by atoms with Gasteiger partial charge in [0.2, 0.25) is 0 Å². The van der Waals surface area contributed by atoms with E-state index in [-0.39, 0.29) is 6.61 Å². The first-order valence-corrected chi connectivity index (χ1v) is 7.44. The van der Waals surface area contributed by atoms with Crippen LogP contribution >= 0.6 is 11.6 Å². The number of halogens is 1. The summed E-state index contributed by atoms with van der Waals surface area (Å²) in [7, 11) is 0. The quantitative estimate of drug-likeness (QED) is 0.872. The molecule has 1 unspecified atom stereocenters. The third-order valence-electron chi connectivity index (χ3n) is 3.53. The van der Waals surface area contributed by atoms with Crippen LogP contribution in [0.25, 0.3) is 0 Å². The van der Waals surface area contributed by atoms with E-state index >= 15 is 0 Å². The maximum atomic E-state index is 9.23. The Morgan fingerprint density at radius 3 is 1.95 bits per heavy atom. The molecule has 0 fully saturated rings. The lowest BCUT2D eigenvalue weighted by Crippen LogP contribution is -2.32. The van der Waals surface area contributed by atoms with E-state index in [1.807, 2.05) is 50.2 Å². The van der Waals surface area contributed by atoms with Crippen LogP contribution < -0.4 is 4.74 Å². The molecule has 0 saturated heterocycles. The van der Waals surface area contributed by atoms with Gasteiger partial charge in [0.25, 0.3) is 0 Å². The molecule has 1 N–H and O–H groups in total. The van der Waals surface area contributed by atoms with Crippen molar-refractivity contribution in [3.8, 4) is 5.75 Å². The molecule has 2 rings (SSSR count). The van der Waals surface area contributed by atoms with E-state index in [1.54, 1.807) is 0 Å². The summed E-state index contributed by atoms with van der Waals surface area (Å²) < 4.78 is 5.74. The zero-order chi connectivity index (χ0) is 15.5. The van der Waals surface area contributed by atoms with Crippen LogP contribution in [0.5, 0.6) is 5.75 Å². The van der Waals surface area contributed by atoms with Crippen molar-refractivity contribution < 1.29 is 9.84 Å². The third-order valence-corrected chi connectivity index (χ3v) is 3.78. The standard InChI is InChI=1S/C18H21ClO2/c1-13(14-4-8-16(19)9-5-14)15-6-10-17(11-7-15)21-18(2,3)12-20/h4-11,13,20H,12H2,1-3H3. The summed E-state index contributed by atoms with van der Waals surface area (Å²) in [4.78, 5) is 0.